The number of pyridine rings is 1. The normalized spacial score (nSPS) is 11.2. The van der Waals surface area contributed by atoms with Gasteiger partial charge in [0.05, 0.1) is 12.4 Å². The molecule has 0 radical (unpaired) electrons. The smallest absolute Gasteiger partial charge is 0.137 e. The Hall–Kier alpha value is -2.96. The Morgan fingerprint density at radius 3 is 2.56 bits per heavy atom. The molecule has 4 aromatic rings. The van der Waals surface area contributed by atoms with Gasteiger partial charge >= 0.3 is 0 Å². The molecule has 0 fully saturated rings. The molecule has 25 heavy (non-hydrogen) atoms. The number of nitrogens with one attached hydrogen (secondary N) is 1. The van der Waals surface area contributed by atoms with Crippen molar-refractivity contribution in [3.63, 3.8) is 0 Å². The summed E-state index contributed by atoms with van der Waals surface area (Å²) in [5.74, 6) is 0.570. The van der Waals surface area contributed by atoms with Crippen molar-refractivity contribution in [2.24, 2.45) is 13.0 Å². The monoisotopic (exact) mass is 340 g/mol. The highest BCUT2D eigenvalue weighted by Crippen LogP contribution is 2.30. The summed E-state index contributed by atoms with van der Waals surface area (Å²) in [5.41, 5.74) is 5.23. The zero-order valence-corrected chi connectivity index (χ0v) is 14.5. The Kier molecular flexibility index (Phi) is 4.39. The van der Waals surface area contributed by atoms with Gasteiger partial charge in [0.1, 0.15) is 5.65 Å². The molecule has 0 atom stereocenters. The van der Waals surface area contributed by atoms with E-state index in [2.05, 4.69) is 46.3 Å². The van der Waals surface area contributed by atoms with Crippen molar-refractivity contribution in [3.8, 4) is 22.3 Å². The minimum absolute atomic E-state index is 0. The maximum Gasteiger partial charge on any atom is 0.137 e. The van der Waals surface area contributed by atoms with Gasteiger partial charge in [-0.25, -0.2) is 4.98 Å². The van der Waals surface area contributed by atoms with E-state index in [1.54, 1.807) is 4.68 Å². The first-order valence-electron chi connectivity index (χ1n) is 8.09. The van der Waals surface area contributed by atoms with Crippen molar-refractivity contribution in [1.82, 2.24) is 29.5 Å². The van der Waals surface area contributed by atoms with Crippen LogP contribution in [0.1, 0.15) is 13.8 Å². The van der Waals surface area contributed by atoms with E-state index < -0.39 is 0 Å². The van der Waals surface area contributed by atoms with Crippen LogP contribution in [-0.4, -0.2) is 29.5 Å². The first kappa shape index (κ1) is 16.9. The zero-order valence-electron chi connectivity index (χ0n) is 14.5. The minimum atomic E-state index is 0. The van der Waals surface area contributed by atoms with Gasteiger partial charge in [-0.05, 0) is 12.0 Å². The van der Waals surface area contributed by atoms with Crippen molar-refractivity contribution in [2.45, 2.75) is 20.4 Å². The number of H-pyrrole nitrogens is 1. The fourth-order valence-electron chi connectivity index (χ4n) is 2.95. The summed E-state index contributed by atoms with van der Waals surface area (Å²) in [7, 11) is 1.92. The van der Waals surface area contributed by atoms with Gasteiger partial charge in [0.15, 0.2) is 0 Å². The number of aromatic amines is 1. The molecule has 0 bridgehead atoms. The average molecular weight is 340 g/mol. The number of nitrogens with zero attached hydrogens (tertiary/aromatic N) is 5. The van der Waals surface area contributed by atoms with Crippen LogP contribution in [0, 0.1) is 5.92 Å². The Bertz CT molecular complexity index is 994. The van der Waals surface area contributed by atoms with Gasteiger partial charge in [0.2, 0.25) is 0 Å². The van der Waals surface area contributed by atoms with Crippen LogP contribution < -0.4 is 0 Å². The number of rotatable bonds is 4. The van der Waals surface area contributed by atoms with Crippen LogP contribution in [0.15, 0.2) is 43.2 Å². The fraction of sp³-hybridized carbons (Fsp3) is 0.278. The van der Waals surface area contributed by atoms with E-state index in [0.717, 1.165) is 39.8 Å². The lowest BCUT2D eigenvalue weighted by Crippen LogP contribution is -2.03. The molecule has 0 aliphatic carbocycles. The van der Waals surface area contributed by atoms with Gasteiger partial charge in [-0.2, -0.15) is 10.2 Å². The topological polar surface area (TPSA) is 64.3 Å². The standard InChI is InChI=1S/C18H20N6.FH/c1-12(2)9-24-11-14(6-22-24)13-4-16-17(8-20-18(16)19-5-13)15-7-21-23(3)10-15;/h4-8,10-12H,9H2,1-3H3,(H,19,20);1H. The van der Waals surface area contributed by atoms with E-state index >= 15 is 0 Å². The third-order valence-corrected chi connectivity index (χ3v) is 4.07. The molecule has 0 spiro atoms. The molecule has 4 heterocycles. The van der Waals surface area contributed by atoms with Crippen molar-refractivity contribution < 1.29 is 4.70 Å². The predicted molar refractivity (Wildman–Crippen MR) is 96.9 cm³/mol. The summed E-state index contributed by atoms with van der Waals surface area (Å²) < 4.78 is 3.80. The molecule has 0 aliphatic rings. The molecular formula is C18H21FN6. The van der Waals surface area contributed by atoms with Gasteiger partial charge in [0.25, 0.3) is 0 Å². The quantitative estimate of drug-likeness (QED) is 0.617. The SMILES string of the molecule is CC(C)Cn1cc(-c2cnc3[nH]cc(-c4cnn(C)c4)c3c2)cn1.F. The maximum absolute atomic E-state index is 4.56. The van der Waals surface area contributed by atoms with Crippen molar-refractivity contribution in [1.29, 1.82) is 0 Å². The first-order valence-corrected chi connectivity index (χ1v) is 8.09. The number of aromatic nitrogens is 6. The van der Waals surface area contributed by atoms with Gasteiger partial charge in [0, 0.05) is 66.0 Å². The second-order valence-corrected chi connectivity index (χ2v) is 6.57. The third-order valence-electron chi connectivity index (χ3n) is 4.07. The Morgan fingerprint density at radius 1 is 1.04 bits per heavy atom. The number of halogens is 1. The Labute approximate surface area is 144 Å². The lowest BCUT2D eigenvalue weighted by molar-refractivity contribution is 0.483. The van der Waals surface area contributed by atoms with E-state index in [-0.39, 0.29) is 4.70 Å². The highest BCUT2D eigenvalue weighted by molar-refractivity contribution is 5.95. The number of hydrogen-bond acceptors (Lipinski definition) is 3. The molecule has 130 valence electrons. The van der Waals surface area contributed by atoms with Gasteiger partial charge < -0.3 is 4.98 Å². The fourth-order valence-corrected chi connectivity index (χ4v) is 2.95. The summed E-state index contributed by atoms with van der Waals surface area (Å²) in [6, 6.07) is 2.16. The van der Waals surface area contributed by atoms with E-state index in [1.165, 1.54) is 0 Å². The summed E-state index contributed by atoms with van der Waals surface area (Å²) >= 11 is 0. The lowest BCUT2D eigenvalue weighted by atomic mass is 10.1. The summed E-state index contributed by atoms with van der Waals surface area (Å²) in [6.45, 7) is 5.30. The number of aryl methyl sites for hydroxylation is 1. The van der Waals surface area contributed by atoms with Gasteiger partial charge in [-0.3, -0.25) is 14.1 Å². The largest absolute Gasteiger partial charge is 0.346 e. The molecule has 0 aromatic carbocycles. The molecule has 6 nitrogen and oxygen atoms in total. The molecule has 4 rings (SSSR count). The molecule has 0 amide bonds. The molecule has 7 heteroatoms. The molecule has 0 unspecified atom stereocenters. The highest BCUT2D eigenvalue weighted by Gasteiger charge is 2.11. The summed E-state index contributed by atoms with van der Waals surface area (Å²) in [5, 5.41) is 9.81. The summed E-state index contributed by atoms with van der Waals surface area (Å²) in [6.07, 6.45) is 11.7. The molecular weight excluding hydrogens is 319 g/mol. The summed E-state index contributed by atoms with van der Waals surface area (Å²) in [4.78, 5) is 7.80. The van der Waals surface area contributed by atoms with Crippen LogP contribution in [0.25, 0.3) is 33.3 Å². The molecule has 4 aromatic heterocycles. The van der Waals surface area contributed by atoms with Gasteiger partial charge in [-0.1, -0.05) is 13.8 Å². The second-order valence-electron chi connectivity index (χ2n) is 6.57. The van der Waals surface area contributed by atoms with E-state index in [9.17, 15) is 0 Å². The molecule has 0 saturated heterocycles. The highest BCUT2D eigenvalue weighted by atomic mass is 19.0. The number of hydrogen-bond donors (Lipinski definition) is 1. The van der Waals surface area contributed by atoms with E-state index in [4.69, 9.17) is 0 Å². The van der Waals surface area contributed by atoms with Crippen LogP contribution >= 0.6 is 0 Å². The lowest BCUT2D eigenvalue weighted by Gasteiger charge is -2.03. The molecule has 0 saturated carbocycles. The van der Waals surface area contributed by atoms with Crippen molar-refractivity contribution in [3.05, 3.63) is 43.2 Å². The average Bonchev–Trinajstić information content (AvgIpc) is 3.25. The van der Waals surface area contributed by atoms with Crippen LogP contribution in [0.2, 0.25) is 0 Å². The number of fused-ring (bicyclic) bond motifs is 1. The maximum atomic E-state index is 4.56. The third kappa shape index (κ3) is 3.17. The molecule has 1 N–H and O–H groups in total. The van der Waals surface area contributed by atoms with Crippen LogP contribution in [0.4, 0.5) is 4.70 Å². The Balaban J connectivity index is 0.00000182. The zero-order chi connectivity index (χ0) is 16.7. The van der Waals surface area contributed by atoms with E-state index in [0.29, 0.717) is 5.92 Å². The van der Waals surface area contributed by atoms with Crippen molar-refractivity contribution in [2.75, 3.05) is 0 Å². The van der Waals surface area contributed by atoms with Crippen LogP contribution in [0.5, 0.6) is 0 Å². The Morgan fingerprint density at radius 2 is 1.84 bits per heavy atom. The second kappa shape index (κ2) is 6.51. The van der Waals surface area contributed by atoms with Crippen LogP contribution in [-0.2, 0) is 13.6 Å². The van der Waals surface area contributed by atoms with Gasteiger partial charge in [-0.15, -0.1) is 0 Å². The van der Waals surface area contributed by atoms with Crippen LogP contribution in [0.3, 0.4) is 0 Å². The molecule has 0 aliphatic heterocycles. The van der Waals surface area contributed by atoms with E-state index in [1.807, 2.05) is 42.7 Å². The van der Waals surface area contributed by atoms with Crippen molar-refractivity contribution >= 4 is 11.0 Å². The minimum Gasteiger partial charge on any atom is -0.346 e. The first-order chi connectivity index (χ1) is 11.6. The predicted octanol–water partition coefficient (Wildman–Crippen LogP) is 3.64.